The second kappa shape index (κ2) is 3.80. The molecule has 1 unspecified atom stereocenters. The lowest BCUT2D eigenvalue weighted by molar-refractivity contribution is -0.129. The lowest BCUT2D eigenvalue weighted by atomic mass is 10.4. The van der Waals surface area contributed by atoms with Crippen molar-refractivity contribution in [3.63, 3.8) is 0 Å². The first-order chi connectivity index (χ1) is 4.87. The molecule has 0 saturated heterocycles. The number of aliphatic hydroxyl groups excluding tert-OH is 2. The van der Waals surface area contributed by atoms with Crippen molar-refractivity contribution in [1.29, 1.82) is 0 Å². The number of carbonyl (C=O) groups is 1. The zero-order valence-electron chi connectivity index (χ0n) is 5.34. The monoisotopic (exact) mass is 185 g/mol. The molecule has 0 rings (SSSR count). The number of aliphatic hydroxyl groups is 2. The summed E-state index contributed by atoms with van der Waals surface area (Å²) in [6.07, 6.45) is -1.80. The molecule has 0 heterocycles. The Morgan fingerprint density at radius 1 is 1.55 bits per heavy atom. The third-order valence-corrected chi connectivity index (χ3v) is 1.24. The van der Waals surface area contributed by atoms with Gasteiger partial charge in [0.15, 0.2) is 6.10 Å². The van der Waals surface area contributed by atoms with Gasteiger partial charge in [-0.3, -0.25) is 9.88 Å². The molecule has 0 aromatic heterocycles. The summed E-state index contributed by atoms with van der Waals surface area (Å²) in [7, 11) is -4.66. The Bertz CT molecular complexity index is 186. The molecular weight excluding hydrogens is 177 g/mol. The maximum atomic E-state index is 10.4. The first-order valence-corrected chi connectivity index (χ1v) is 4.14. The average molecular weight is 185 g/mol. The van der Waals surface area contributed by atoms with Gasteiger partial charge < -0.3 is 20.0 Å². The van der Waals surface area contributed by atoms with Crippen LogP contribution in [-0.4, -0.2) is 38.6 Å². The Morgan fingerprint density at radius 3 is 2.27 bits per heavy atom. The van der Waals surface area contributed by atoms with Crippen LogP contribution in [-0.2, 0) is 9.36 Å². The Balaban J connectivity index is 3.99. The summed E-state index contributed by atoms with van der Waals surface area (Å²) in [6.45, 7) is -0.883. The van der Waals surface area contributed by atoms with Crippen LogP contribution in [0.4, 0.5) is 0 Å². The SMILES string of the molecule is O=C(NP(=O)(O)O)C(O)CO. The Kier molecular flexibility index (Phi) is 3.64. The molecule has 0 aromatic rings. The zero-order valence-corrected chi connectivity index (χ0v) is 6.23. The molecule has 1 atom stereocenters. The molecule has 7 nitrogen and oxygen atoms in total. The van der Waals surface area contributed by atoms with Crippen molar-refractivity contribution in [2.24, 2.45) is 0 Å². The number of hydrogen-bond donors (Lipinski definition) is 5. The van der Waals surface area contributed by atoms with Crippen molar-refractivity contribution < 1.29 is 29.4 Å². The smallest absolute Gasteiger partial charge is 0.393 e. The molecule has 0 aliphatic heterocycles. The fourth-order valence-corrected chi connectivity index (χ4v) is 0.737. The van der Waals surface area contributed by atoms with Gasteiger partial charge in [0.2, 0.25) is 0 Å². The maximum Gasteiger partial charge on any atom is 0.429 e. The predicted molar refractivity (Wildman–Crippen MR) is 33.3 cm³/mol. The largest absolute Gasteiger partial charge is 0.429 e. The fraction of sp³-hybridized carbons (Fsp3) is 0.667. The van der Waals surface area contributed by atoms with Crippen molar-refractivity contribution in [3.8, 4) is 0 Å². The predicted octanol–water partition coefficient (Wildman–Crippen LogP) is -2.45. The first-order valence-electron chi connectivity index (χ1n) is 2.53. The molecular formula is C3H8NO6P. The van der Waals surface area contributed by atoms with Gasteiger partial charge in [0.25, 0.3) is 5.91 Å². The number of carbonyl (C=O) groups excluding carboxylic acids is 1. The summed E-state index contributed by atoms with van der Waals surface area (Å²) in [5.41, 5.74) is 0. The molecule has 0 aromatic carbocycles. The molecule has 0 fully saturated rings. The van der Waals surface area contributed by atoms with E-state index in [-0.39, 0.29) is 0 Å². The van der Waals surface area contributed by atoms with Crippen LogP contribution in [0.25, 0.3) is 0 Å². The minimum atomic E-state index is -4.66. The fourth-order valence-electron chi connectivity index (χ4n) is 0.301. The van der Waals surface area contributed by atoms with Gasteiger partial charge in [-0.2, -0.15) is 0 Å². The lowest BCUT2D eigenvalue weighted by Crippen LogP contribution is -2.34. The quantitative estimate of drug-likeness (QED) is 0.310. The standard InChI is InChI=1S/C3H8NO6P/c5-1-2(6)3(7)4-11(8,9)10/h2,5-6H,1H2,(H3,4,7,8,9,10). The normalized spacial score (nSPS) is 14.2. The van der Waals surface area contributed by atoms with Crippen molar-refractivity contribution >= 4 is 13.7 Å². The first kappa shape index (κ1) is 10.5. The molecule has 0 radical (unpaired) electrons. The highest BCUT2D eigenvalue weighted by molar-refractivity contribution is 7.50. The summed E-state index contributed by atoms with van der Waals surface area (Å²) >= 11 is 0. The van der Waals surface area contributed by atoms with Gasteiger partial charge >= 0.3 is 7.75 Å². The van der Waals surface area contributed by atoms with Crippen LogP contribution >= 0.6 is 7.75 Å². The van der Waals surface area contributed by atoms with E-state index in [4.69, 9.17) is 20.0 Å². The lowest BCUT2D eigenvalue weighted by Gasteiger charge is -2.08. The maximum absolute atomic E-state index is 10.4. The van der Waals surface area contributed by atoms with Crippen LogP contribution in [0.1, 0.15) is 0 Å². The van der Waals surface area contributed by atoms with Crippen LogP contribution in [0.15, 0.2) is 0 Å². The number of hydrogen-bond acceptors (Lipinski definition) is 4. The molecule has 0 bridgehead atoms. The Labute approximate surface area is 61.9 Å². The molecule has 8 heteroatoms. The zero-order chi connectivity index (χ0) is 9.07. The van der Waals surface area contributed by atoms with Crippen LogP contribution in [0, 0.1) is 0 Å². The van der Waals surface area contributed by atoms with Gasteiger partial charge in [-0.1, -0.05) is 0 Å². The van der Waals surface area contributed by atoms with Gasteiger partial charge in [-0.05, 0) is 0 Å². The van der Waals surface area contributed by atoms with Gasteiger partial charge in [0.1, 0.15) is 0 Å². The van der Waals surface area contributed by atoms with Gasteiger partial charge in [0, 0.05) is 0 Å². The number of rotatable bonds is 3. The molecule has 0 saturated carbocycles. The van der Waals surface area contributed by atoms with Crippen LogP contribution < -0.4 is 5.09 Å². The average Bonchev–Trinajstić information content (AvgIpc) is 1.82. The molecule has 5 N–H and O–H groups in total. The van der Waals surface area contributed by atoms with Crippen molar-refractivity contribution in [2.45, 2.75) is 6.10 Å². The number of amides is 1. The van der Waals surface area contributed by atoms with Crippen molar-refractivity contribution in [3.05, 3.63) is 0 Å². The van der Waals surface area contributed by atoms with E-state index in [1.807, 2.05) is 0 Å². The van der Waals surface area contributed by atoms with E-state index in [9.17, 15) is 9.36 Å². The molecule has 11 heavy (non-hydrogen) atoms. The molecule has 0 spiro atoms. The highest BCUT2D eigenvalue weighted by atomic mass is 31.2. The van der Waals surface area contributed by atoms with E-state index in [0.29, 0.717) is 0 Å². The van der Waals surface area contributed by atoms with E-state index in [1.54, 1.807) is 0 Å². The third-order valence-electron chi connectivity index (χ3n) is 0.731. The molecule has 0 aliphatic carbocycles. The van der Waals surface area contributed by atoms with Gasteiger partial charge in [0.05, 0.1) is 6.61 Å². The van der Waals surface area contributed by atoms with E-state index >= 15 is 0 Å². The topological polar surface area (TPSA) is 127 Å². The van der Waals surface area contributed by atoms with Gasteiger partial charge in [-0.25, -0.2) is 4.57 Å². The summed E-state index contributed by atoms with van der Waals surface area (Å²) in [4.78, 5) is 26.6. The summed E-state index contributed by atoms with van der Waals surface area (Å²) < 4.78 is 10.0. The van der Waals surface area contributed by atoms with Crippen LogP contribution in [0.5, 0.6) is 0 Å². The third kappa shape index (κ3) is 4.88. The van der Waals surface area contributed by atoms with E-state index < -0.39 is 26.4 Å². The van der Waals surface area contributed by atoms with Gasteiger partial charge in [-0.15, -0.1) is 0 Å². The minimum absolute atomic E-state index is 0.883. The van der Waals surface area contributed by atoms with Crippen LogP contribution in [0.2, 0.25) is 0 Å². The van der Waals surface area contributed by atoms with Crippen LogP contribution in [0.3, 0.4) is 0 Å². The Morgan fingerprint density at radius 2 is 2.00 bits per heavy atom. The molecule has 1 amide bonds. The van der Waals surface area contributed by atoms with E-state index in [0.717, 1.165) is 0 Å². The number of nitrogens with one attached hydrogen (secondary N) is 1. The highest BCUT2D eigenvalue weighted by Gasteiger charge is 2.22. The summed E-state index contributed by atoms with van der Waals surface area (Å²) in [5, 5.41) is 17.8. The summed E-state index contributed by atoms with van der Waals surface area (Å²) in [5.74, 6) is -1.30. The minimum Gasteiger partial charge on any atom is -0.393 e. The Hall–Kier alpha value is -0.460. The second-order valence-corrected chi connectivity index (χ2v) is 3.03. The highest BCUT2D eigenvalue weighted by Crippen LogP contribution is 2.27. The van der Waals surface area contributed by atoms with E-state index in [2.05, 4.69) is 0 Å². The molecule has 0 aliphatic rings. The van der Waals surface area contributed by atoms with Crippen molar-refractivity contribution in [1.82, 2.24) is 5.09 Å². The van der Waals surface area contributed by atoms with E-state index in [1.165, 1.54) is 5.09 Å². The van der Waals surface area contributed by atoms with Crippen molar-refractivity contribution in [2.75, 3.05) is 6.61 Å². The second-order valence-electron chi connectivity index (χ2n) is 1.72. The molecule has 66 valence electrons. The summed E-state index contributed by atoms with van der Waals surface area (Å²) in [6, 6.07) is 0.